The fourth-order valence-corrected chi connectivity index (χ4v) is 2.79. The fraction of sp³-hybridized carbons (Fsp3) is 0.136. The van der Waals surface area contributed by atoms with Gasteiger partial charge in [-0.3, -0.25) is 10.6 Å². The monoisotopic (exact) mass is 361 g/mol. The van der Waals surface area contributed by atoms with Crippen molar-refractivity contribution in [1.29, 1.82) is 0 Å². The van der Waals surface area contributed by atoms with E-state index in [-0.39, 0.29) is 5.91 Å². The average molecular weight is 361 g/mol. The van der Waals surface area contributed by atoms with Crippen molar-refractivity contribution in [1.82, 2.24) is 10.3 Å². The van der Waals surface area contributed by atoms with Crippen LogP contribution in [0.2, 0.25) is 0 Å². The molecule has 0 aliphatic rings. The highest BCUT2D eigenvalue weighted by atomic mass is 16.5. The summed E-state index contributed by atoms with van der Waals surface area (Å²) in [7, 11) is 1.78. The van der Waals surface area contributed by atoms with Crippen LogP contribution in [0, 0.1) is 0 Å². The Hall–Kier alpha value is -3.31. The van der Waals surface area contributed by atoms with E-state index in [0.717, 1.165) is 22.1 Å². The molecule has 3 aromatic carbocycles. The molecule has 1 amide bonds. The lowest BCUT2D eigenvalue weighted by atomic mass is 10.1. The van der Waals surface area contributed by atoms with E-state index >= 15 is 0 Å². The number of nitrogens with two attached hydrogens (primary N) is 1. The maximum absolute atomic E-state index is 12.3. The lowest BCUT2D eigenvalue weighted by Gasteiger charge is -2.17. The molecular weight excluding hydrogens is 338 g/mol. The number of nitrogens with zero attached hydrogens (tertiary/aromatic N) is 1. The molecule has 0 radical (unpaired) electrons. The van der Waals surface area contributed by atoms with Crippen molar-refractivity contribution in [3.05, 3.63) is 84.4 Å². The molecule has 0 atom stereocenters. The van der Waals surface area contributed by atoms with Crippen LogP contribution in [0.15, 0.2) is 73.3 Å². The van der Waals surface area contributed by atoms with E-state index in [0.29, 0.717) is 24.4 Å². The Balaban J connectivity index is 1.60. The van der Waals surface area contributed by atoms with E-state index in [2.05, 4.69) is 12.0 Å². The second kappa shape index (κ2) is 8.38. The maximum atomic E-state index is 12.3. The molecule has 3 aromatic rings. The van der Waals surface area contributed by atoms with E-state index in [9.17, 15) is 4.79 Å². The topological polar surface area (TPSA) is 67.6 Å². The van der Waals surface area contributed by atoms with Crippen LogP contribution in [-0.4, -0.2) is 31.0 Å². The van der Waals surface area contributed by atoms with Crippen molar-refractivity contribution in [2.45, 2.75) is 0 Å². The minimum Gasteiger partial charge on any atom is -0.492 e. The molecule has 3 N–H and O–H groups in total. The van der Waals surface area contributed by atoms with Crippen LogP contribution in [0.1, 0.15) is 15.9 Å². The molecule has 0 fully saturated rings. The van der Waals surface area contributed by atoms with E-state index in [1.54, 1.807) is 11.9 Å². The molecule has 0 saturated heterocycles. The van der Waals surface area contributed by atoms with Crippen molar-refractivity contribution in [2.24, 2.45) is 5.84 Å². The summed E-state index contributed by atoms with van der Waals surface area (Å²) in [6.07, 6.45) is 0. The minimum absolute atomic E-state index is 0.0148. The predicted molar refractivity (Wildman–Crippen MR) is 109 cm³/mol. The van der Waals surface area contributed by atoms with Gasteiger partial charge in [-0.2, -0.15) is 0 Å². The Morgan fingerprint density at radius 2 is 1.74 bits per heavy atom. The molecule has 27 heavy (non-hydrogen) atoms. The fourth-order valence-electron chi connectivity index (χ4n) is 2.79. The predicted octanol–water partition coefficient (Wildman–Crippen LogP) is 3.42. The Bertz CT molecular complexity index is 954. The SMILES string of the molecule is C=C(NN)c1ccc2cc(OCCN(C)C(=O)c3ccccc3)ccc2c1. The number of benzene rings is 3. The molecule has 0 spiro atoms. The van der Waals surface area contributed by atoms with Crippen LogP contribution in [0.4, 0.5) is 0 Å². The number of nitrogens with one attached hydrogen (secondary N) is 1. The second-order valence-electron chi connectivity index (χ2n) is 6.29. The van der Waals surface area contributed by atoms with Crippen LogP contribution in [0.25, 0.3) is 16.5 Å². The van der Waals surface area contributed by atoms with Crippen LogP contribution in [0.5, 0.6) is 5.75 Å². The summed E-state index contributed by atoms with van der Waals surface area (Å²) >= 11 is 0. The van der Waals surface area contributed by atoms with Gasteiger partial charge in [0.2, 0.25) is 0 Å². The van der Waals surface area contributed by atoms with Gasteiger partial charge < -0.3 is 15.1 Å². The molecule has 138 valence electrons. The van der Waals surface area contributed by atoms with Gasteiger partial charge in [-0.15, -0.1) is 0 Å². The smallest absolute Gasteiger partial charge is 0.253 e. The lowest BCUT2D eigenvalue weighted by Crippen LogP contribution is -2.30. The van der Waals surface area contributed by atoms with Crippen molar-refractivity contribution in [3.8, 4) is 5.75 Å². The number of likely N-dealkylation sites (N-methyl/N-ethyl adjacent to an activating group) is 1. The number of hydrogen-bond donors (Lipinski definition) is 2. The molecule has 0 aliphatic carbocycles. The van der Waals surface area contributed by atoms with Crippen LogP contribution in [0.3, 0.4) is 0 Å². The minimum atomic E-state index is -0.0148. The second-order valence-corrected chi connectivity index (χ2v) is 6.29. The Morgan fingerprint density at radius 3 is 2.48 bits per heavy atom. The molecule has 0 heterocycles. The first-order valence-corrected chi connectivity index (χ1v) is 8.71. The Kier molecular flexibility index (Phi) is 5.74. The highest BCUT2D eigenvalue weighted by Crippen LogP contribution is 2.23. The number of carbonyl (C=O) groups excluding carboxylic acids is 1. The summed E-state index contributed by atoms with van der Waals surface area (Å²) < 4.78 is 5.83. The first kappa shape index (κ1) is 18.5. The van der Waals surface area contributed by atoms with Crippen LogP contribution < -0.4 is 16.0 Å². The average Bonchev–Trinajstić information content (AvgIpc) is 2.72. The zero-order chi connectivity index (χ0) is 19.2. The van der Waals surface area contributed by atoms with Gasteiger partial charge in [-0.25, -0.2) is 0 Å². The van der Waals surface area contributed by atoms with Crippen molar-refractivity contribution < 1.29 is 9.53 Å². The molecule has 0 aromatic heterocycles. The molecule has 0 bridgehead atoms. The van der Waals surface area contributed by atoms with Gasteiger partial charge in [-0.05, 0) is 46.7 Å². The van der Waals surface area contributed by atoms with Gasteiger partial charge in [0.1, 0.15) is 12.4 Å². The molecule has 0 saturated carbocycles. The van der Waals surface area contributed by atoms with Gasteiger partial charge in [0.05, 0.1) is 6.54 Å². The van der Waals surface area contributed by atoms with E-state index in [1.165, 1.54) is 0 Å². The quantitative estimate of drug-likeness (QED) is 0.500. The summed E-state index contributed by atoms with van der Waals surface area (Å²) in [5, 5.41) is 2.14. The van der Waals surface area contributed by atoms with E-state index in [4.69, 9.17) is 10.6 Å². The highest BCUT2D eigenvalue weighted by Gasteiger charge is 2.10. The number of carbonyl (C=O) groups is 1. The van der Waals surface area contributed by atoms with Crippen molar-refractivity contribution in [3.63, 3.8) is 0 Å². The number of amides is 1. The standard InChI is InChI=1S/C22H23N3O2/c1-16(24-23)18-8-9-20-15-21(11-10-19(20)14-18)27-13-12-25(2)22(26)17-6-4-3-5-7-17/h3-11,14-15,24H,1,12-13,23H2,2H3. The Labute approximate surface area is 159 Å². The van der Waals surface area contributed by atoms with Gasteiger partial charge >= 0.3 is 0 Å². The number of rotatable bonds is 7. The summed E-state index contributed by atoms with van der Waals surface area (Å²) in [6.45, 7) is 4.80. The maximum Gasteiger partial charge on any atom is 0.253 e. The molecule has 5 heteroatoms. The third kappa shape index (κ3) is 4.46. The first-order valence-electron chi connectivity index (χ1n) is 8.71. The third-order valence-electron chi connectivity index (χ3n) is 4.40. The molecule has 0 aliphatic heterocycles. The highest BCUT2D eigenvalue weighted by molar-refractivity contribution is 5.94. The zero-order valence-corrected chi connectivity index (χ0v) is 15.3. The molecule has 5 nitrogen and oxygen atoms in total. The molecule has 0 unspecified atom stereocenters. The van der Waals surface area contributed by atoms with Gasteiger partial charge in [-0.1, -0.05) is 43.0 Å². The first-order chi connectivity index (χ1) is 13.1. The molecular formula is C22H23N3O2. The van der Waals surface area contributed by atoms with Crippen molar-refractivity contribution >= 4 is 22.4 Å². The Morgan fingerprint density at radius 1 is 1.04 bits per heavy atom. The van der Waals surface area contributed by atoms with Crippen molar-refractivity contribution in [2.75, 3.05) is 20.2 Å². The van der Waals surface area contributed by atoms with Gasteiger partial charge in [0.25, 0.3) is 5.91 Å². The summed E-state index contributed by atoms with van der Waals surface area (Å²) in [5.41, 5.74) is 4.86. The van der Waals surface area contributed by atoms with E-state index in [1.807, 2.05) is 66.7 Å². The normalized spacial score (nSPS) is 10.4. The van der Waals surface area contributed by atoms with E-state index < -0.39 is 0 Å². The number of ether oxygens (including phenoxy) is 1. The van der Waals surface area contributed by atoms with Gasteiger partial charge in [0.15, 0.2) is 0 Å². The van der Waals surface area contributed by atoms with Crippen LogP contribution >= 0.6 is 0 Å². The zero-order valence-electron chi connectivity index (χ0n) is 15.3. The number of fused-ring (bicyclic) bond motifs is 1. The summed E-state index contributed by atoms with van der Waals surface area (Å²) in [4.78, 5) is 14.0. The lowest BCUT2D eigenvalue weighted by molar-refractivity contribution is 0.0774. The summed E-state index contributed by atoms with van der Waals surface area (Å²) in [6, 6.07) is 21.1. The third-order valence-corrected chi connectivity index (χ3v) is 4.40. The number of hydrazine groups is 1. The molecule has 3 rings (SSSR count). The largest absolute Gasteiger partial charge is 0.492 e. The number of hydrogen-bond acceptors (Lipinski definition) is 4. The summed E-state index contributed by atoms with van der Waals surface area (Å²) in [5.74, 6) is 6.17. The van der Waals surface area contributed by atoms with Gasteiger partial charge in [0, 0.05) is 18.3 Å². The van der Waals surface area contributed by atoms with Crippen LogP contribution in [-0.2, 0) is 0 Å².